The zero-order chi connectivity index (χ0) is 17.6. The van der Waals surface area contributed by atoms with Gasteiger partial charge in [0.15, 0.2) is 0 Å². The van der Waals surface area contributed by atoms with Crippen LogP contribution >= 0.6 is 0 Å². The van der Waals surface area contributed by atoms with Crippen molar-refractivity contribution in [1.82, 2.24) is 15.5 Å². The van der Waals surface area contributed by atoms with E-state index < -0.39 is 29.1 Å². The van der Waals surface area contributed by atoms with E-state index in [1.54, 1.807) is 32.6 Å². The van der Waals surface area contributed by atoms with Crippen molar-refractivity contribution in [2.45, 2.75) is 39.8 Å². The second-order valence-corrected chi connectivity index (χ2v) is 6.26. The summed E-state index contributed by atoms with van der Waals surface area (Å²) in [6.07, 6.45) is 0. The summed E-state index contributed by atoms with van der Waals surface area (Å²) in [4.78, 5) is 25.0. The number of amides is 3. The second kappa shape index (κ2) is 8.01. The van der Waals surface area contributed by atoms with Crippen molar-refractivity contribution in [2.75, 3.05) is 13.1 Å². The molecule has 0 aliphatic carbocycles. The first-order valence-electron chi connectivity index (χ1n) is 7.39. The molecule has 5 nitrogen and oxygen atoms in total. The average molecular weight is 327 g/mol. The van der Waals surface area contributed by atoms with Crippen LogP contribution in [0.4, 0.5) is 13.6 Å². The van der Waals surface area contributed by atoms with Gasteiger partial charge in [-0.05, 0) is 39.4 Å². The molecule has 0 spiro atoms. The lowest BCUT2D eigenvalue weighted by Crippen LogP contribution is -2.50. The number of likely N-dealkylation sites (N-methyl/N-ethyl adjacent to an activating group) is 1. The third-order valence-corrected chi connectivity index (χ3v) is 3.00. The molecular weight excluding hydrogens is 304 g/mol. The van der Waals surface area contributed by atoms with Crippen LogP contribution in [-0.2, 0) is 11.3 Å². The van der Waals surface area contributed by atoms with Crippen LogP contribution in [0.25, 0.3) is 0 Å². The molecule has 23 heavy (non-hydrogen) atoms. The van der Waals surface area contributed by atoms with Crippen LogP contribution in [0.15, 0.2) is 18.2 Å². The summed E-state index contributed by atoms with van der Waals surface area (Å²) in [5, 5.41) is 4.80. The molecular formula is C16H23F2N3O2. The third kappa shape index (κ3) is 6.73. The summed E-state index contributed by atoms with van der Waals surface area (Å²) < 4.78 is 27.3. The van der Waals surface area contributed by atoms with Crippen molar-refractivity contribution < 1.29 is 18.4 Å². The Morgan fingerprint density at radius 2 is 1.74 bits per heavy atom. The van der Waals surface area contributed by atoms with Crippen molar-refractivity contribution in [1.29, 1.82) is 0 Å². The van der Waals surface area contributed by atoms with E-state index in [0.29, 0.717) is 6.54 Å². The van der Waals surface area contributed by atoms with Crippen LogP contribution in [0.3, 0.4) is 0 Å². The molecule has 2 N–H and O–H groups in total. The first-order chi connectivity index (χ1) is 10.6. The summed E-state index contributed by atoms with van der Waals surface area (Å²) in [5.41, 5.74) is -0.563. The lowest BCUT2D eigenvalue weighted by molar-refractivity contribution is -0.121. The van der Waals surface area contributed by atoms with Crippen molar-refractivity contribution in [2.24, 2.45) is 0 Å². The Labute approximate surface area is 135 Å². The van der Waals surface area contributed by atoms with Crippen LogP contribution in [-0.4, -0.2) is 35.5 Å². The summed E-state index contributed by atoms with van der Waals surface area (Å²) in [6.45, 7) is 7.34. The van der Waals surface area contributed by atoms with Crippen LogP contribution in [0.2, 0.25) is 0 Å². The number of halogens is 2. The predicted molar refractivity (Wildman–Crippen MR) is 83.7 cm³/mol. The van der Waals surface area contributed by atoms with E-state index in [-0.39, 0.29) is 18.7 Å². The number of imide groups is 1. The molecule has 0 unspecified atom stereocenters. The number of benzene rings is 1. The normalized spacial score (nSPS) is 11.4. The first-order valence-corrected chi connectivity index (χ1v) is 7.39. The van der Waals surface area contributed by atoms with Crippen molar-refractivity contribution in [3.8, 4) is 0 Å². The van der Waals surface area contributed by atoms with Gasteiger partial charge in [-0.2, -0.15) is 0 Å². The Hall–Kier alpha value is -2.02. The Kier molecular flexibility index (Phi) is 6.62. The van der Waals surface area contributed by atoms with Crippen molar-refractivity contribution >= 4 is 11.9 Å². The molecule has 0 atom stereocenters. The number of rotatable bonds is 5. The van der Waals surface area contributed by atoms with Gasteiger partial charge >= 0.3 is 6.03 Å². The number of urea groups is 1. The molecule has 1 rings (SSSR count). The van der Waals surface area contributed by atoms with Crippen LogP contribution in [0.1, 0.15) is 33.3 Å². The monoisotopic (exact) mass is 327 g/mol. The van der Waals surface area contributed by atoms with Gasteiger partial charge in [0.05, 0.1) is 6.54 Å². The minimum atomic E-state index is -0.658. The number of nitrogens with one attached hydrogen (secondary N) is 2. The van der Waals surface area contributed by atoms with Crippen molar-refractivity contribution in [3.05, 3.63) is 35.4 Å². The number of nitrogens with zero attached hydrogens (tertiary/aromatic N) is 1. The topological polar surface area (TPSA) is 61.4 Å². The molecule has 1 aromatic rings. The fraction of sp³-hybridized carbons (Fsp3) is 0.500. The number of hydrogen-bond acceptors (Lipinski definition) is 3. The summed E-state index contributed by atoms with van der Waals surface area (Å²) >= 11 is 0. The van der Waals surface area contributed by atoms with E-state index in [9.17, 15) is 18.4 Å². The van der Waals surface area contributed by atoms with E-state index in [2.05, 4.69) is 10.6 Å². The smallest absolute Gasteiger partial charge is 0.321 e. The summed E-state index contributed by atoms with van der Waals surface area (Å²) in [6, 6.07) is 3.02. The van der Waals surface area contributed by atoms with E-state index in [4.69, 9.17) is 0 Å². The van der Waals surface area contributed by atoms with Gasteiger partial charge in [-0.1, -0.05) is 13.0 Å². The molecule has 0 aromatic heterocycles. The SMILES string of the molecule is CCN(CC(=O)NC(=O)NC(C)(C)C)Cc1c(F)cccc1F. The van der Waals surface area contributed by atoms with E-state index in [0.717, 1.165) is 0 Å². The molecule has 0 saturated carbocycles. The minimum absolute atomic E-state index is 0.0523. The molecule has 0 fully saturated rings. The molecule has 7 heteroatoms. The highest BCUT2D eigenvalue weighted by molar-refractivity contribution is 5.95. The standard InChI is InChI=1S/C16H23F2N3O2/c1-5-21(9-11-12(17)7-6-8-13(11)18)10-14(22)19-15(23)20-16(2,3)4/h6-8H,5,9-10H2,1-4H3,(H2,19,20,22,23). The average Bonchev–Trinajstić information content (AvgIpc) is 2.39. The zero-order valence-electron chi connectivity index (χ0n) is 13.9. The maximum atomic E-state index is 13.6. The Morgan fingerprint density at radius 3 is 2.22 bits per heavy atom. The summed E-state index contributed by atoms with van der Waals surface area (Å²) in [5.74, 6) is -1.85. The molecule has 0 heterocycles. The van der Waals surface area contributed by atoms with Crippen molar-refractivity contribution in [3.63, 3.8) is 0 Å². The van der Waals surface area contributed by atoms with E-state index >= 15 is 0 Å². The molecule has 1 aromatic carbocycles. The van der Waals surface area contributed by atoms with Gasteiger partial charge in [0.2, 0.25) is 5.91 Å². The fourth-order valence-electron chi connectivity index (χ4n) is 1.93. The second-order valence-electron chi connectivity index (χ2n) is 6.26. The highest BCUT2D eigenvalue weighted by Gasteiger charge is 2.18. The van der Waals surface area contributed by atoms with Gasteiger partial charge in [0, 0.05) is 17.6 Å². The number of hydrogen-bond donors (Lipinski definition) is 2. The zero-order valence-corrected chi connectivity index (χ0v) is 13.9. The highest BCUT2D eigenvalue weighted by atomic mass is 19.1. The maximum absolute atomic E-state index is 13.6. The Bertz CT molecular complexity index is 551. The number of carbonyl (C=O) groups excluding carboxylic acids is 2. The molecule has 0 radical (unpaired) electrons. The van der Waals surface area contributed by atoms with Crippen LogP contribution in [0, 0.1) is 11.6 Å². The molecule has 0 aliphatic heterocycles. The first kappa shape index (κ1) is 19.0. The summed E-state index contributed by atoms with van der Waals surface area (Å²) in [7, 11) is 0. The fourth-order valence-corrected chi connectivity index (χ4v) is 1.93. The van der Waals surface area contributed by atoms with Gasteiger partial charge < -0.3 is 5.32 Å². The third-order valence-electron chi connectivity index (χ3n) is 3.00. The van der Waals surface area contributed by atoms with Crippen LogP contribution < -0.4 is 10.6 Å². The molecule has 0 saturated heterocycles. The lowest BCUT2D eigenvalue weighted by Gasteiger charge is -2.22. The molecule has 0 aliphatic rings. The van der Waals surface area contributed by atoms with Gasteiger partial charge in [0.1, 0.15) is 11.6 Å². The van der Waals surface area contributed by atoms with Gasteiger partial charge in [-0.25, -0.2) is 13.6 Å². The highest BCUT2D eigenvalue weighted by Crippen LogP contribution is 2.14. The van der Waals surface area contributed by atoms with Gasteiger partial charge in [0.25, 0.3) is 0 Å². The van der Waals surface area contributed by atoms with E-state index in [1.165, 1.54) is 18.2 Å². The van der Waals surface area contributed by atoms with Crippen LogP contribution in [0.5, 0.6) is 0 Å². The maximum Gasteiger partial charge on any atom is 0.321 e. The Morgan fingerprint density at radius 1 is 1.17 bits per heavy atom. The molecule has 128 valence electrons. The molecule has 3 amide bonds. The predicted octanol–water partition coefficient (Wildman–Crippen LogP) is 2.41. The number of carbonyl (C=O) groups is 2. The molecule has 0 bridgehead atoms. The van der Waals surface area contributed by atoms with Gasteiger partial charge in [-0.3, -0.25) is 15.0 Å². The lowest BCUT2D eigenvalue weighted by atomic mass is 10.1. The van der Waals surface area contributed by atoms with Gasteiger partial charge in [-0.15, -0.1) is 0 Å². The largest absolute Gasteiger partial charge is 0.333 e. The minimum Gasteiger partial charge on any atom is -0.333 e. The quantitative estimate of drug-likeness (QED) is 0.873. The Balaban J connectivity index is 2.63. The van der Waals surface area contributed by atoms with E-state index in [1.807, 2.05) is 0 Å².